The van der Waals surface area contributed by atoms with Crippen LogP contribution >= 0.6 is 15.9 Å². The van der Waals surface area contributed by atoms with Crippen molar-refractivity contribution in [2.24, 2.45) is 0 Å². The first-order chi connectivity index (χ1) is 38.1. The van der Waals surface area contributed by atoms with Crippen molar-refractivity contribution < 1.29 is 41.6 Å². The van der Waals surface area contributed by atoms with Gasteiger partial charge in [-0.2, -0.15) is 0 Å². The maximum atomic E-state index is 8.27. The fourth-order valence-electron chi connectivity index (χ4n) is 8.40. The molecule has 72 heavy (non-hydrogen) atoms. The molecule has 6 nitrogen and oxygen atoms in total. The van der Waals surface area contributed by atoms with E-state index in [1.165, 1.54) is 0 Å². The van der Waals surface area contributed by atoms with Crippen LogP contribution in [0.2, 0.25) is 0 Å². The summed E-state index contributed by atoms with van der Waals surface area (Å²) in [6.07, 6.45) is 0. The fraction of sp³-hybridized carbons (Fsp3) is 0.290. The number of halogens is 1. The highest BCUT2D eigenvalue weighted by atomic mass is 79.9. The first kappa shape index (κ1) is 40.1. The molecule has 3 heterocycles. The van der Waals surface area contributed by atoms with Crippen LogP contribution in [-0.4, -0.2) is 55.0 Å². The van der Waals surface area contributed by atoms with E-state index in [0.29, 0.717) is 11.1 Å². The van der Waals surface area contributed by atoms with Crippen molar-refractivity contribution in [2.75, 3.05) is 0 Å². The predicted octanol–water partition coefficient (Wildman–Crippen LogP) is 14.0. The number of benzene rings is 8. The Balaban J connectivity index is 0.000000155. The zero-order chi connectivity index (χ0) is 60.0. The molecular formula is C62H66B3BrO6. The molecule has 0 bridgehead atoms. The fourth-order valence-corrected chi connectivity index (χ4v) is 8.77. The normalized spacial score (nSPS) is 20.8. The van der Waals surface area contributed by atoms with E-state index in [4.69, 9.17) is 41.6 Å². The Labute approximate surface area is 451 Å². The van der Waals surface area contributed by atoms with Crippen molar-refractivity contribution >= 4 is 75.2 Å². The van der Waals surface area contributed by atoms with Gasteiger partial charge in [0.15, 0.2) is 0 Å². The average molecular weight is 1030 g/mol. The van der Waals surface area contributed by atoms with E-state index in [1.807, 2.05) is 113 Å². The van der Waals surface area contributed by atoms with Crippen molar-refractivity contribution in [1.82, 2.24) is 0 Å². The molecule has 0 atom stereocenters. The molecular weight excluding hydrogens is 953 g/mol. The highest BCUT2D eigenvalue weighted by molar-refractivity contribution is 9.10. The molecule has 3 fully saturated rings. The molecule has 3 saturated heterocycles. The van der Waals surface area contributed by atoms with Crippen LogP contribution in [0.25, 0.3) is 54.9 Å². The zero-order valence-corrected chi connectivity index (χ0v) is 44.7. The third kappa shape index (κ3) is 10.8. The van der Waals surface area contributed by atoms with Crippen LogP contribution < -0.4 is 16.4 Å². The summed E-state index contributed by atoms with van der Waals surface area (Å²) in [6.45, 7) is 24.6. The van der Waals surface area contributed by atoms with Gasteiger partial charge in [0.05, 0.1) is 47.3 Å². The van der Waals surface area contributed by atoms with Crippen LogP contribution in [0.5, 0.6) is 0 Å². The quantitative estimate of drug-likeness (QED) is 0.155. The zero-order valence-electron chi connectivity index (χ0n) is 53.1. The molecule has 0 saturated carbocycles. The Morgan fingerprint density at radius 3 is 0.986 bits per heavy atom. The predicted molar refractivity (Wildman–Crippen MR) is 305 cm³/mol. The molecule has 366 valence electrons. The van der Waals surface area contributed by atoms with Crippen LogP contribution in [0.3, 0.4) is 0 Å². The Bertz CT molecular complexity index is 3660. The summed E-state index contributed by atoms with van der Waals surface area (Å²) in [7, 11) is -1.19. The van der Waals surface area contributed by atoms with Gasteiger partial charge in [-0.25, -0.2) is 0 Å². The SMILES string of the molecule is CC1(C)OB(c2cccc(B3OC(C)(C)C(C)(C)O3)c2)OC1(C)C.[2H]c1c([2H])c([2H])c(-c2ccc3cc(-c4cccc(B5OC(C)(C)C(C)(C)O5)c4)ccc3c2)c([2H])c1[2H].[2H]c1c([2H])c([2H])c(-c2ccc3cc(Br)ccc3c2)c([2H])c1[2H]. The lowest BCUT2D eigenvalue weighted by Crippen LogP contribution is -2.41. The summed E-state index contributed by atoms with van der Waals surface area (Å²) >= 11 is 3.42. The van der Waals surface area contributed by atoms with Crippen molar-refractivity contribution in [3.8, 4) is 33.4 Å². The van der Waals surface area contributed by atoms with E-state index in [1.54, 1.807) is 12.1 Å². The summed E-state index contributed by atoms with van der Waals surface area (Å²) in [5.74, 6) is 0. The second-order valence-electron chi connectivity index (χ2n) is 21.5. The van der Waals surface area contributed by atoms with E-state index >= 15 is 0 Å². The third-order valence-electron chi connectivity index (χ3n) is 14.9. The van der Waals surface area contributed by atoms with E-state index < -0.39 is 18.3 Å². The van der Waals surface area contributed by atoms with Crippen LogP contribution in [0.4, 0.5) is 0 Å². The largest absolute Gasteiger partial charge is 0.494 e. The van der Waals surface area contributed by atoms with E-state index in [-0.39, 0.29) is 108 Å². The van der Waals surface area contributed by atoms with Gasteiger partial charge in [-0.05, 0) is 185 Å². The lowest BCUT2D eigenvalue weighted by Gasteiger charge is -2.32. The van der Waals surface area contributed by atoms with Gasteiger partial charge >= 0.3 is 21.4 Å². The van der Waals surface area contributed by atoms with Gasteiger partial charge in [0.2, 0.25) is 0 Å². The molecule has 0 N–H and O–H groups in total. The number of hydrogen-bond acceptors (Lipinski definition) is 6. The molecule has 10 heteroatoms. The topological polar surface area (TPSA) is 55.4 Å². The minimum atomic E-state index is -0.435. The van der Waals surface area contributed by atoms with Gasteiger partial charge in [-0.15, -0.1) is 0 Å². The first-order valence-electron chi connectivity index (χ1n) is 29.3. The molecule has 3 aliphatic rings. The highest BCUT2D eigenvalue weighted by Crippen LogP contribution is 2.39. The minimum Gasteiger partial charge on any atom is -0.399 e. The van der Waals surface area contributed by atoms with Gasteiger partial charge in [-0.1, -0.05) is 167 Å². The Morgan fingerprint density at radius 1 is 0.319 bits per heavy atom. The summed E-state index contributed by atoms with van der Waals surface area (Å²) in [4.78, 5) is 0. The Hall–Kier alpha value is -5.29. The molecule has 0 unspecified atom stereocenters. The van der Waals surface area contributed by atoms with Gasteiger partial charge in [0.1, 0.15) is 0 Å². The highest BCUT2D eigenvalue weighted by Gasteiger charge is 2.54. The summed E-state index contributed by atoms with van der Waals surface area (Å²) in [5.41, 5.74) is 4.45. The number of rotatable bonds is 6. The van der Waals surface area contributed by atoms with E-state index in [0.717, 1.165) is 53.5 Å². The van der Waals surface area contributed by atoms with Crippen LogP contribution in [-0.2, 0) is 27.9 Å². The Morgan fingerprint density at radius 2 is 0.611 bits per heavy atom. The maximum absolute atomic E-state index is 8.27. The number of fused-ring (bicyclic) bond motifs is 2. The summed E-state index contributed by atoms with van der Waals surface area (Å²) in [5, 5.41) is 3.88. The van der Waals surface area contributed by atoms with Crippen LogP contribution in [0.15, 0.2) is 186 Å². The molecule has 3 aliphatic heterocycles. The molecule has 11 rings (SSSR count). The average Bonchev–Trinajstić information content (AvgIpc) is 3.71. The maximum Gasteiger partial charge on any atom is 0.494 e. The molecule has 8 aromatic carbocycles. The molecule has 0 amide bonds. The van der Waals surface area contributed by atoms with Crippen LogP contribution in [0, 0.1) is 0 Å². The van der Waals surface area contributed by atoms with Gasteiger partial charge in [0, 0.05) is 4.47 Å². The van der Waals surface area contributed by atoms with Crippen molar-refractivity contribution in [1.29, 1.82) is 0 Å². The molecule has 8 aromatic rings. The first-order valence-corrected chi connectivity index (χ1v) is 25.1. The smallest absolute Gasteiger partial charge is 0.399 e. The van der Waals surface area contributed by atoms with Crippen LogP contribution in [0.1, 0.15) is 96.8 Å². The van der Waals surface area contributed by atoms with Crippen molar-refractivity contribution in [3.05, 3.63) is 186 Å². The number of hydrogen-bond donors (Lipinski definition) is 0. The standard InChI is InChI=1S/C28H27BO2.C18H28B2O4.C16H11Br/c1-27(2)28(3,4)31-29(30-27)26-12-8-11-21(19-26)23-15-16-24-17-22(13-14-25(24)18-23)20-9-6-5-7-10-20;1-15(2)16(3,4)22-19(21-15)13-10-9-11-14(12-13)20-23-17(5,6)18(7,8)24-20;17-16-9-8-14-10-13(6-7-15(14)11-16)12-4-2-1-3-5-12/h5-19H,1-4H3;9-12H,1-8H3;1-11H/i5D,6D,7D,9D,10D;;1D,2D,3D,4D,5D. The lowest BCUT2D eigenvalue weighted by atomic mass is 9.72. The summed E-state index contributed by atoms with van der Waals surface area (Å²) in [6, 6.07) is 36.5. The molecule has 0 radical (unpaired) electrons. The molecule has 0 aromatic heterocycles. The van der Waals surface area contributed by atoms with Gasteiger partial charge in [0.25, 0.3) is 0 Å². The lowest BCUT2D eigenvalue weighted by molar-refractivity contribution is 0.00578. The van der Waals surface area contributed by atoms with Gasteiger partial charge in [-0.3, -0.25) is 0 Å². The summed E-state index contributed by atoms with van der Waals surface area (Å²) < 4.78 is 118. The molecule has 0 aliphatic carbocycles. The minimum absolute atomic E-state index is 0.178. The van der Waals surface area contributed by atoms with Gasteiger partial charge < -0.3 is 27.9 Å². The monoisotopic (exact) mass is 1030 g/mol. The van der Waals surface area contributed by atoms with E-state index in [9.17, 15) is 0 Å². The third-order valence-corrected chi connectivity index (χ3v) is 15.4. The van der Waals surface area contributed by atoms with Crippen molar-refractivity contribution in [2.45, 2.75) is 117 Å². The molecule has 0 spiro atoms. The van der Waals surface area contributed by atoms with E-state index in [2.05, 4.69) is 95.6 Å². The second kappa shape index (κ2) is 19.9. The van der Waals surface area contributed by atoms with Crippen molar-refractivity contribution in [3.63, 3.8) is 0 Å². The second-order valence-corrected chi connectivity index (χ2v) is 22.5. The Kier molecular flexibility index (Phi) is 11.1.